The highest BCUT2D eigenvalue weighted by Crippen LogP contribution is 2.11. The molecule has 0 bridgehead atoms. The van der Waals surface area contributed by atoms with Crippen molar-refractivity contribution in [2.75, 3.05) is 14.1 Å². The normalized spacial score (nSPS) is 14.4. The number of carbonyl (C=O) groups excluding carboxylic acids is 1. The predicted molar refractivity (Wildman–Crippen MR) is 47.3 cm³/mol. The molecule has 0 aliphatic carbocycles. The average Bonchev–Trinajstić information content (AvgIpc) is 1.98. The Labute approximate surface area is 68.9 Å². The fourth-order valence-corrected chi connectivity index (χ4v) is 0.808. The zero-order valence-electron chi connectivity index (χ0n) is 7.79. The molecule has 0 aromatic carbocycles. The Balaban J connectivity index is 4.26. The minimum Gasteiger partial charge on any atom is -0.383 e. The maximum atomic E-state index is 10.5. The number of rotatable bonds is 4. The first-order valence-corrected chi connectivity index (χ1v) is 3.95. The number of hydrogen-bond acceptors (Lipinski definition) is 2. The number of hydrogen-bond donors (Lipinski definition) is 0. The van der Waals surface area contributed by atoms with Gasteiger partial charge >= 0.3 is 0 Å². The van der Waals surface area contributed by atoms with Crippen LogP contribution in [0.25, 0.3) is 0 Å². The molecule has 2 heteroatoms. The van der Waals surface area contributed by atoms with E-state index >= 15 is 0 Å². The summed E-state index contributed by atoms with van der Waals surface area (Å²) in [4.78, 5) is 12.4. The van der Waals surface area contributed by atoms with Crippen LogP contribution in [0.3, 0.4) is 0 Å². The van der Waals surface area contributed by atoms with Gasteiger partial charge in [0.1, 0.15) is 6.29 Å². The van der Waals surface area contributed by atoms with Crippen molar-refractivity contribution in [3.8, 4) is 0 Å². The molecular weight excluding hydrogens is 138 g/mol. The van der Waals surface area contributed by atoms with Crippen LogP contribution in [0.15, 0.2) is 11.8 Å². The Morgan fingerprint density at radius 2 is 2.09 bits per heavy atom. The van der Waals surface area contributed by atoms with Crippen LogP contribution in [-0.2, 0) is 4.79 Å². The first-order chi connectivity index (χ1) is 5.11. The molecule has 0 saturated heterocycles. The van der Waals surface area contributed by atoms with Crippen LogP contribution in [0, 0.1) is 5.92 Å². The van der Waals surface area contributed by atoms with Crippen molar-refractivity contribution in [1.82, 2.24) is 4.90 Å². The van der Waals surface area contributed by atoms with Crippen molar-refractivity contribution < 1.29 is 4.79 Å². The molecule has 0 unspecified atom stereocenters. The van der Waals surface area contributed by atoms with E-state index in [1.54, 1.807) is 0 Å². The third kappa shape index (κ3) is 3.81. The third-order valence-corrected chi connectivity index (χ3v) is 1.72. The lowest BCUT2D eigenvalue weighted by Crippen LogP contribution is -2.08. The summed E-state index contributed by atoms with van der Waals surface area (Å²) in [6.45, 7) is 4.14. The average molecular weight is 155 g/mol. The van der Waals surface area contributed by atoms with Crippen LogP contribution in [0.5, 0.6) is 0 Å². The van der Waals surface area contributed by atoms with Crippen molar-refractivity contribution in [1.29, 1.82) is 0 Å². The molecule has 0 aromatic rings. The van der Waals surface area contributed by atoms with Crippen molar-refractivity contribution in [3.05, 3.63) is 11.8 Å². The van der Waals surface area contributed by atoms with E-state index in [0.717, 1.165) is 18.3 Å². The van der Waals surface area contributed by atoms with Gasteiger partial charge in [0.05, 0.1) is 0 Å². The van der Waals surface area contributed by atoms with Gasteiger partial charge in [-0.05, 0) is 12.3 Å². The summed E-state index contributed by atoms with van der Waals surface area (Å²) >= 11 is 0. The van der Waals surface area contributed by atoms with Gasteiger partial charge in [-0.15, -0.1) is 0 Å². The van der Waals surface area contributed by atoms with E-state index < -0.39 is 0 Å². The van der Waals surface area contributed by atoms with Crippen LogP contribution in [0.1, 0.15) is 20.3 Å². The second kappa shape index (κ2) is 4.94. The number of allylic oxidation sites excluding steroid dienone is 1. The van der Waals surface area contributed by atoms with E-state index in [4.69, 9.17) is 0 Å². The largest absolute Gasteiger partial charge is 0.383 e. The van der Waals surface area contributed by atoms with Gasteiger partial charge in [-0.25, -0.2) is 0 Å². The fraction of sp³-hybridized carbons (Fsp3) is 0.667. The first-order valence-electron chi connectivity index (χ1n) is 3.95. The van der Waals surface area contributed by atoms with Gasteiger partial charge in [0.25, 0.3) is 0 Å². The summed E-state index contributed by atoms with van der Waals surface area (Å²) in [7, 11) is 3.84. The van der Waals surface area contributed by atoms with Gasteiger partial charge in [0.15, 0.2) is 0 Å². The van der Waals surface area contributed by atoms with Crippen LogP contribution >= 0.6 is 0 Å². The number of aldehydes is 1. The van der Waals surface area contributed by atoms with Gasteiger partial charge in [-0.3, -0.25) is 4.79 Å². The summed E-state index contributed by atoms with van der Waals surface area (Å²) in [5.74, 6) is 0.370. The van der Waals surface area contributed by atoms with Crippen LogP contribution in [0.2, 0.25) is 0 Å². The Bertz CT molecular complexity index is 150. The lowest BCUT2D eigenvalue weighted by atomic mass is 10.0. The Hall–Kier alpha value is -0.790. The smallest absolute Gasteiger partial charge is 0.147 e. The van der Waals surface area contributed by atoms with E-state index in [1.165, 1.54) is 0 Å². The topological polar surface area (TPSA) is 20.3 Å². The minimum absolute atomic E-state index is 0.370. The maximum Gasteiger partial charge on any atom is 0.147 e. The van der Waals surface area contributed by atoms with Gasteiger partial charge in [0.2, 0.25) is 0 Å². The molecule has 0 rings (SSSR count). The summed E-state index contributed by atoms with van der Waals surface area (Å²) in [5.41, 5.74) is 0.873. The lowest BCUT2D eigenvalue weighted by molar-refractivity contribution is -0.105. The Morgan fingerprint density at radius 3 is 2.36 bits per heavy atom. The van der Waals surface area contributed by atoms with Crippen molar-refractivity contribution in [3.63, 3.8) is 0 Å². The van der Waals surface area contributed by atoms with Crippen molar-refractivity contribution in [2.24, 2.45) is 5.92 Å². The molecular formula is C9H17NO. The van der Waals surface area contributed by atoms with Gasteiger partial charge in [0, 0.05) is 25.9 Å². The summed E-state index contributed by atoms with van der Waals surface area (Å²) in [6.07, 6.45) is 3.83. The number of carbonyl (C=O) groups is 1. The molecule has 0 aliphatic rings. The van der Waals surface area contributed by atoms with Crippen LogP contribution < -0.4 is 0 Å². The van der Waals surface area contributed by atoms with Gasteiger partial charge in [-0.2, -0.15) is 0 Å². The molecule has 0 spiro atoms. The molecule has 0 aliphatic heterocycles. The molecule has 2 nitrogen and oxygen atoms in total. The molecule has 11 heavy (non-hydrogen) atoms. The molecule has 1 atom stereocenters. The summed E-state index contributed by atoms with van der Waals surface area (Å²) in [5, 5.41) is 0. The summed E-state index contributed by atoms with van der Waals surface area (Å²) < 4.78 is 0. The minimum atomic E-state index is 0.370. The maximum absolute atomic E-state index is 10.5. The first kappa shape index (κ1) is 10.2. The lowest BCUT2D eigenvalue weighted by Gasteiger charge is -2.11. The van der Waals surface area contributed by atoms with E-state index in [0.29, 0.717) is 5.92 Å². The van der Waals surface area contributed by atoms with Crippen molar-refractivity contribution >= 4 is 6.29 Å². The predicted octanol–water partition coefficient (Wildman–Crippen LogP) is 1.68. The van der Waals surface area contributed by atoms with Crippen molar-refractivity contribution in [2.45, 2.75) is 20.3 Å². The Morgan fingerprint density at radius 1 is 1.55 bits per heavy atom. The highest BCUT2D eigenvalue weighted by molar-refractivity contribution is 5.73. The quantitative estimate of drug-likeness (QED) is 0.454. The molecule has 0 fully saturated rings. The monoisotopic (exact) mass is 155 g/mol. The van der Waals surface area contributed by atoms with Gasteiger partial charge < -0.3 is 4.90 Å². The standard InChI is InChI=1S/C9H17NO/c1-5-8(2)9(7-11)6-10(3)4/h6-8H,5H2,1-4H3/b9-6+/t8-/m0/s1. The molecule has 0 N–H and O–H groups in total. The molecule has 0 heterocycles. The second-order valence-electron chi connectivity index (χ2n) is 3.02. The van der Waals surface area contributed by atoms with E-state index in [9.17, 15) is 4.79 Å². The van der Waals surface area contributed by atoms with Crippen LogP contribution in [0.4, 0.5) is 0 Å². The zero-order chi connectivity index (χ0) is 8.85. The summed E-state index contributed by atoms with van der Waals surface area (Å²) in [6, 6.07) is 0. The van der Waals surface area contributed by atoms with E-state index in [-0.39, 0.29) is 0 Å². The SMILES string of the molecule is CC[C@H](C)/C(C=O)=C/N(C)C. The molecule has 64 valence electrons. The van der Waals surface area contributed by atoms with E-state index in [1.807, 2.05) is 25.2 Å². The fourth-order valence-electron chi connectivity index (χ4n) is 0.808. The molecule has 0 radical (unpaired) electrons. The van der Waals surface area contributed by atoms with E-state index in [2.05, 4.69) is 13.8 Å². The number of nitrogens with zero attached hydrogens (tertiary/aromatic N) is 1. The molecule has 0 saturated carbocycles. The highest BCUT2D eigenvalue weighted by atomic mass is 16.1. The van der Waals surface area contributed by atoms with Crippen LogP contribution in [-0.4, -0.2) is 25.3 Å². The zero-order valence-corrected chi connectivity index (χ0v) is 7.79. The Kier molecular flexibility index (Phi) is 4.59. The third-order valence-electron chi connectivity index (χ3n) is 1.72. The molecule has 0 aromatic heterocycles. The highest BCUT2D eigenvalue weighted by Gasteiger charge is 2.04. The molecule has 0 amide bonds. The second-order valence-corrected chi connectivity index (χ2v) is 3.02. The van der Waals surface area contributed by atoms with Gasteiger partial charge in [-0.1, -0.05) is 13.8 Å².